The van der Waals surface area contributed by atoms with Gasteiger partial charge in [0, 0.05) is 23.0 Å². The molecule has 2 heterocycles. The maximum atomic E-state index is 12.7. The number of unbranched alkanes of at least 4 members (excludes halogenated alkanes) is 2. The SMILES string of the molecule is CCCCCC1(O)OC(=C=O)C(C(=O)NOC)=C1c1cc2cc(C(=O)OC)ccc2[nH]1. The van der Waals surface area contributed by atoms with Crippen LogP contribution in [0.4, 0.5) is 0 Å². The zero-order valence-electron chi connectivity index (χ0n) is 17.5. The molecule has 1 aromatic carbocycles. The van der Waals surface area contributed by atoms with Gasteiger partial charge in [0.25, 0.3) is 5.91 Å². The third-order valence-electron chi connectivity index (χ3n) is 5.08. The van der Waals surface area contributed by atoms with E-state index in [9.17, 15) is 19.5 Å². The van der Waals surface area contributed by atoms with Gasteiger partial charge in [-0.2, -0.15) is 0 Å². The minimum atomic E-state index is -1.91. The fourth-order valence-electron chi connectivity index (χ4n) is 3.66. The van der Waals surface area contributed by atoms with Gasteiger partial charge in [-0.05, 0) is 30.7 Å². The molecule has 9 nitrogen and oxygen atoms in total. The fourth-order valence-corrected chi connectivity index (χ4v) is 3.66. The van der Waals surface area contributed by atoms with E-state index in [2.05, 4.69) is 10.5 Å². The van der Waals surface area contributed by atoms with Crippen molar-refractivity contribution in [3.8, 4) is 0 Å². The molecule has 1 amide bonds. The van der Waals surface area contributed by atoms with Gasteiger partial charge in [-0.1, -0.05) is 19.8 Å². The molecule has 1 aliphatic rings. The number of methoxy groups -OCH3 is 1. The molecule has 0 saturated heterocycles. The lowest BCUT2D eigenvalue weighted by Crippen LogP contribution is -2.30. The second-order valence-corrected chi connectivity index (χ2v) is 7.14. The van der Waals surface area contributed by atoms with Crippen molar-refractivity contribution in [1.82, 2.24) is 10.5 Å². The molecule has 1 unspecified atom stereocenters. The Morgan fingerprint density at radius 1 is 1.26 bits per heavy atom. The number of hydroxylamine groups is 1. The molecule has 0 saturated carbocycles. The summed E-state index contributed by atoms with van der Waals surface area (Å²) in [4.78, 5) is 43.9. The quantitative estimate of drug-likeness (QED) is 0.255. The maximum Gasteiger partial charge on any atom is 0.337 e. The third kappa shape index (κ3) is 4.25. The molecule has 1 aromatic heterocycles. The van der Waals surface area contributed by atoms with E-state index in [0.717, 1.165) is 12.8 Å². The number of aromatic amines is 1. The smallest absolute Gasteiger partial charge is 0.337 e. The highest BCUT2D eigenvalue weighted by molar-refractivity contribution is 6.09. The highest BCUT2D eigenvalue weighted by Gasteiger charge is 2.48. The Morgan fingerprint density at radius 3 is 2.68 bits per heavy atom. The summed E-state index contributed by atoms with van der Waals surface area (Å²) in [7, 11) is 2.54. The van der Waals surface area contributed by atoms with Gasteiger partial charge in [-0.3, -0.25) is 9.63 Å². The summed E-state index contributed by atoms with van der Waals surface area (Å²) in [6.45, 7) is 2.01. The Labute approximate surface area is 178 Å². The number of aromatic nitrogens is 1. The first-order chi connectivity index (χ1) is 14.9. The summed E-state index contributed by atoms with van der Waals surface area (Å²) in [5, 5.41) is 12.0. The third-order valence-corrected chi connectivity index (χ3v) is 5.08. The Bertz CT molecular complexity index is 1090. The highest BCUT2D eigenvalue weighted by Crippen LogP contribution is 2.45. The van der Waals surface area contributed by atoms with E-state index in [0.29, 0.717) is 28.6 Å². The summed E-state index contributed by atoms with van der Waals surface area (Å²) < 4.78 is 10.3. The summed E-state index contributed by atoms with van der Waals surface area (Å²) in [5.74, 6) is -1.96. The number of hydrogen-bond acceptors (Lipinski definition) is 7. The average Bonchev–Trinajstić information content (AvgIpc) is 3.30. The summed E-state index contributed by atoms with van der Waals surface area (Å²) in [6.07, 6.45) is 2.50. The summed E-state index contributed by atoms with van der Waals surface area (Å²) in [6, 6.07) is 6.57. The molecule has 2 aromatic rings. The molecular formula is C22H24N2O7. The number of hydrogen-bond donors (Lipinski definition) is 3. The van der Waals surface area contributed by atoms with Crippen LogP contribution in [-0.2, 0) is 23.9 Å². The van der Waals surface area contributed by atoms with Crippen LogP contribution in [0.25, 0.3) is 16.5 Å². The van der Waals surface area contributed by atoms with Crippen molar-refractivity contribution in [2.75, 3.05) is 14.2 Å². The lowest BCUT2D eigenvalue weighted by molar-refractivity contribution is -0.128. The molecule has 164 valence electrons. The molecule has 1 atom stereocenters. The van der Waals surface area contributed by atoms with Gasteiger partial charge in [0.05, 0.1) is 25.4 Å². The first-order valence-corrected chi connectivity index (χ1v) is 9.85. The van der Waals surface area contributed by atoms with E-state index >= 15 is 0 Å². The average molecular weight is 428 g/mol. The van der Waals surface area contributed by atoms with E-state index in [1.165, 1.54) is 14.2 Å². The topological polar surface area (TPSA) is 127 Å². The number of aliphatic hydroxyl groups is 1. The predicted molar refractivity (Wildman–Crippen MR) is 111 cm³/mol. The van der Waals surface area contributed by atoms with Gasteiger partial charge >= 0.3 is 5.97 Å². The summed E-state index contributed by atoms with van der Waals surface area (Å²) in [5.41, 5.74) is 3.46. The van der Waals surface area contributed by atoms with Gasteiger partial charge < -0.3 is 19.6 Å². The molecule has 3 rings (SSSR count). The van der Waals surface area contributed by atoms with Gasteiger partial charge in [-0.15, -0.1) is 0 Å². The van der Waals surface area contributed by atoms with Crippen LogP contribution in [0.2, 0.25) is 0 Å². The molecule has 0 bridgehead atoms. The van der Waals surface area contributed by atoms with Crippen LogP contribution in [-0.4, -0.2) is 47.9 Å². The lowest BCUT2D eigenvalue weighted by atomic mass is 9.93. The van der Waals surface area contributed by atoms with Gasteiger partial charge in [0.2, 0.25) is 11.5 Å². The molecule has 9 heteroatoms. The van der Waals surface area contributed by atoms with E-state index in [-0.39, 0.29) is 17.6 Å². The Hall–Kier alpha value is -3.39. The molecule has 0 radical (unpaired) electrons. The number of fused-ring (bicyclic) bond motifs is 1. The number of ether oxygens (including phenoxy) is 2. The van der Waals surface area contributed by atoms with Crippen molar-refractivity contribution in [3.05, 3.63) is 46.9 Å². The van der Waals surface area contributed by atoms with Gasteiger partial charge in [0.15, 0.2) is 5.94 Å². The second kappa shape index (κ2) is 9.18. The fraction of sp³-hybridized carbons (Fsp3) is 0.364. The molecule has 0 fully saturated rings. The molecule has 31 heavy (non-hydrogen) atoms. The minimum Gasteiger partial charge on any atom is -0.465 e. The minimum absolute atomic E-state index is 0.104. The first kappa shape index (κ1) is 22.3. The molecule has 0 aliphatic carbocycles. The first-order valence-electron chi connectivity index (χ1n) is 9.85. The van der Waals surface area contributed by atoms with E-state index in [1.54, 1.807) is 30.2 Å². The standard InChI is InChI=1S/C22H24N2O7/c1-4-5-6-9-22(28)19(18(17(12-25)31-22)20(26)24-30-3)16-11-14-10-13(21(27)29-2)7-8-15(14)23-16/h7-8,10-11,23,28H,4-6,9H2,1-3H3,(H,24,26). The lowest BCUT2D eigenvalue weighted by Gasteiger charge is -2.25. The number of amides is 1. The summed E-state index contributed by atoms with van der Waals surface area (Å²) >= 11 is 0. The van der Waals surface area contributed by atoms with E-state index in [1.807, 2.05) is 6.92 Å². The molecular weight excluding hydrogens is 404 g/mol. The van der Waals surface area contributed by atoms with Crippen LogP contribution in [0.3, 0.4) is 0 Å². The Morgan fingerprint density at radius 2 is 2.03 bits per heavy atom. The van der Waals surface area contributed by atoms with Crippen molar-refractivity contribution in [2.45, 2.75) is 38.4 Å². The van der Waals surface area contributed by atoms with Crippen LogP contribution in [0.1, 0.15) is 48.7 Å². The maximum absolute atomic E-state index is 12.7. The molecule has 1 aliphatic heterocycles. The molecule has 0 spiro atoms. The number of carbonyl (C=O) groups is 2. The number of carbonyl (C=O) groups excluding carboxylic acids is 3. The zero-order chi connectivity index (χ0) is 22.6. The van der Waals surface area contributed by atoms with Gasteiger partial charge in [-0.25, -0.2) is 15.1 Å². The Balaban J connectivity index is 2.18. The Kier molecular flexibility index (Phi) is 6.60. The monoisotopic (exact) mass is 428 g/mol. The number of H-pyrrole nitrogens is 1. The van der Waals surface area contributed by atoms with Crippen molar-refractivity contribution in [1.29, 1.82) is 0 Å². The van der Waals surface area contributed by atoms with E-state index in [4.69, 9.17) is 14.3 Å². The number of esters is 1. The normalized spacial score (nSPS) is 18.1. The second-order valence-electron chi connectivity index (χ2n) is 7.14. The van der Waals surface area contributed by atoms with Crippen LogP contribution in [0.5, 0.6) is 0 Å². The van der Waals surface area contributed by atoms with Gasteiger partial charge in [0.1, 0.15) is 5.57 Å². The van der Waals surface area contributed by atoms with E-state index < -0.39 is 23.4 Å². The number of nitrogens with one attached hydrogen (secondary N) is 2. The van der Waals surface area contributed by atoms with Crippen molar-refractivity contribution in [3.63, 3.8) is 0 Å². The van der Waals surface area contributed by atoms with Crippen LogP contribution >= 0.6 is 0 Å². The van der Waals surface area contributed by atoms with Crippen LogP contribution in [0.15, 0.2) is 35.6 Å². The van der Waals surface area contributed by atoms with Crippen LogP contribution < -0.4 is 5.48 Å². The molecule has 3 N–H and O–H groups in total. The van der Waals surface area contributed by atoms with Crippen LogP contribution in [0, 0.1) is 0 Å². The zero-order valence-corrected chi connectivity index (χ0v) is 17.5. The van der Waals surface area contributed by atoms with Crippen molar-refractivity contribution >= 4 is 34.3 Å². The number of benzene rings is 1. The predicted octanol–water partition coefficient (Wildman–Crippen LogP) is 2.40. The number of rotatable bonds is 8. The van der Waals surface area contributed by atoms with Crippen molar-refractivity contribution < 1.29 is 33.8 Å². The van der Waals surface area contributed by atoms with Crippen molar-refractivity contribution in [2.24, 2.45) is 0 Å². The highest BCUT2D eigenvalue weighted by atomic mass is 16.6. The largest absolute Gasteiger partial charge is 0.465 e.